The van der Waals surface area contributed by atoms with E-state index in [2.05, 4.69) is 23.6 Å². The van der Waals surface area contributed by atoms with E-state index in [0.29, 0.717) is 12.5 Å². The molecule has 0 amide bonds. The quantitative estimate of drug-likeness (QED) is 0.813. The number of methoxy groups -OCH3 is 1. The van der Waals surface area contributed by atoms with Gasteiger partial charge in [0.1, 0.15) is 0 Å². The summed E-state index contributed by atoms with van der Waals surface area (Å²) < 4.78 is 5.52. The van der Waals surface area contributed by atoms with Crippen LogP contribution in [0.2, 0.25) is 0 Å². The van der Waals surface area contributed by atoms with Crippen molar-refractivity contribution in [2.24, 2.45) is 11.7 Å². The minimum Gasteiger partial charge on any atom is -0.383 e. The molecule has 1 unspecified atom stereocenters. The SMILES string of the molecule is COCC(CN)(C(C)C)N1CCC(N2CCCCC2)CC1. The first-order chi connectivity index (χ1) is 10.1. The van der Waals surface area contributed by atoms with Crippen LogP contribution in [0.4, 0.5) is 0 Å². The average molecular weight is 297 g/mol. The minimum absolute atomic E-state index is 0.0155. The average Bonchev–Trinajstić information content (AvgIpc) is 2.53. The number of nitrogens with zero attached hydrogens (tertiary/aromatic N) is 2. The second-order valence-corrected chi connectivity index (χ2v) is 7.21. The molecule has 2 heterocycles. The highest BCUT2D eigenvalue weighted by Crippen LogP contribution is 2.30. The Kier molecular flexibility index (Phi) is 6.48. The van der Waals surface area contributed by atoms with Crippen molar-refractivity contribution in [3.05, 3.63) is 0 Å². The molecule has 0 aromatic heterocycles. The van der Waals surface area contributed by atoms with E-state index in [0.717, 1.165) is 12.6 Å². The molecule has 0 aromatic rings. The summed E-state index contributed by atoms with van der Waals surface area (Å²) in [6, 6.07) is 0.798. The van der Waals surface area contributed by atoms with Gasteiger partial charge in [-0.25, -0.2) is 0 Å². The number of hydrogen-bond acceptors (Lipinski definition) is 4. The lowest BCUT2D eigenvalue weighted by molar-refractivity contribution is -0.0402. The van der Waals surface area contributed by atoms with E-state index in [1.54, 1.807) is 7.11 Å². The zero-order valence-corrected chi connectivity index (χ0v) is 14.3. The van der Waals surface area contributed by atoms with Crippen LogP contribution in [0.25, 0.3) is 0 Å². The van der Waals surface area contributed by atoms with E-state index in [1.165, 1.54) is 58.3 Å². The summed E-state index contributed by atoms with van der Waals surface area (Å²) in [7, 11) is 1.80. The van der Waals surface area contributed by atoms with Gasteiger partial charge in [-0.2, -0.15) is 0 Å². The molecule has 2 saturated heterocycles. The number of rotatable bonds is 6. The van der Waals surface area contributed by atoms with E-state index in [9.17, 15) is 0 Å². The van der Waals surface area contributed by atoms with Crippen molar-refractivity contribution in [1.82, 2.24) is 9.80 Å². The second kappa shape index (κ2) is 7.91. The fraction of sp³-hybridized carbons (Fsp3) is 1.00. The first-order valence-electron chi connectivity index (χ1n) is 8.82. The Morgan fingerprint density at radius 3 is 2.19 bits per heavy atom. The highest BCUT2D eigenvalue weighted by Gasteiger charge is 2.41. The Hall–Kier alpha value is -0.160. The summed E-state index contributed by atoms with van der Waals surface area (Å²) in [4.78, 5) is 5.35. The van der Waals surface area contributed by atoms with E-state index in [1.807, 2.05) is 0 Å². The van der Waals surface area contributed by atoms with Crippen molar-refractivity contribution in [2.75, 3.05) is 46.4 Å². The van der Waals surface area contributed by atoms with Gasteiger partial charge in [-0.1, -0.05) is 20.3 Å². The van der Waals surface area contributed by atoms with Gasteiger partial charge in [0.25, 0.3) is 0 Å². The molecule has 0 bridgehead atoms. The van der Waals surface area contributed by atoms with Crippen LogP contribution in [-0.2, 0) is 4.74 Å². The lowest BCUT2D eigenvalue weighted by Gasteiger charge is -2.50. The summed E-state index contributed by atoms with van der Waals surface area (Å²) in [6.45, 7) is 11.0. The van der Waals surface area contributed by atoms with Crippen LogP contribution >= 0.6 is 0 Å². The molecule has 2 fully saturated rings. The maximum absolute atomic E-state index is 6.17. The molecule has 2 aliphatic rings. The third-order valence-electron chi connectivity index (χ3n) is 5.82. The number of hydrogen-bond donors (Lipinski definition) is 1. The van der Waals surface area contributed by atoms with Gasteiger partial charge < -0.3 is 15.4 Å². The van der Waals surface area contributed by atoms with Gasteiger partial charge in [0, 0.05) is 32.8 Å². The number of piperidine rings is 2. The monoisotopic (exact) mass is 297 g/mol. The van der Waals surface area contributed by atoms with Crippen molar-refractivity contribution >= 4 is 0 Å². The van der Waals surface area contributed by atoms with Gasteiger partial charge in [-0.15, -0.1) is 0 Å². The third kappa shape index (κ3) is 3.79. The standard InChI is InChI=1S/C17H35N3O/c1-15(2)17(13-18,14-21-3)20-11-7-16(8-12-20)19-9-5-4-6-10-19/h15-16H,4-14,18H2,1-3H3. The highest BCUT2D eigenvalue weighted by atomic mass is 16.5. The summed E-state index contributed by atoms with van der Waals surface area (Å²) >= 11 is 0. The predicted octanol–water partition coefficient (Wildman–Crippen LogP) is 1.94. The van der Waals surface area contributed by atoms with Crippen LogP contribution in [0.1, 0.15) is 46.0 Å². The van der Waals surface area contributed by atoms with Crippen molar-refractivity contribution in [3.8, 4) is 0 Å². The fourth-order valence-electron chi connectivity index (χ4n) is 4.26. The molecule has 1 atom stereocenters. The molecule has 0 radical (unpaired) electrons. The molecule has 0 aromatic carbocycles. The maximum atomic E-state index is 6.17. The molecule has 124 valence electrons. The molecule has 4 nitrogen and oxygen atoms in total. The van der Waals surface area contributed by atoms with Gasteiger partial charge in [-0.3, -0.25) is 4.90 Å². The van der Waals surface area contributed by atoms with Crippen molar-refractivity contribution < 1.29 is 4.74 Å². The zero-order valence-electron chi connectivity index (χ0n) is 14.3. The number of nitrogens with two attached hydrogens (primary N) is 1. The van der Waals surface area contributed by atoms with Gasteiger partial charge in [0.2, 0.25) is 0 Å². The summed E-state index contributed by atoms with van der Waals surface area (Å²) in [5, 5.41) is 0. The molecule has 4 heteroatoms. The van der Waals surface area contributed by atoms with Gasteiger partial charge in [0.05, 0.1) is 12.1 Å². The van der Waals surface area contributed by atoms with E-state index in [-0.39, 0.29) is 5.54 Å². The third-order valence-corrected chi connectivity index (χ3v) is 5.82. The molecular weight excluding hydrogens is 262 g/mol. The van der Waals surface area contributed by atoms with Crippen LogP contribution in [0, 0.1) is 5.92 Å². The molecule has 0 saturated carbocycles. The van der Waals surface area contributed by atoms with Gasteiger partial charge in [0.15, 0.2) is 0 Å². The van der Waals surface area contributed by atoms with E-state index in [4.69, 9.17) is 10.5 Å². The lowest BCUT2D eigenvalue weighted by Crippen LogP contribution is -2.63. The van der Waals surface area contributed by atoms with Crippen molar-refractivity contribution in [2.45, 2.75) is 57.5 Å². The Labute approximate surface area is 131 Å². The van der Waals surface area contributed by atoms with Gasteiger partial charge >= 0.3 is 0 Å². The number of ether oxygens (including phenoxy) is 1. The molecule has 2 rings (SSSR count). The second-order valence-electron chi connectivity index (χ2n) is 7.21. The first kappa shape index (κ1) is 17.2. The van der Waals surface area contributed by atoms with Crippen molar-refractivity contribution in [3.63, 3.8) is 0 Å². The Bertz CT molecular complexity index is 296. The summed E-state index contributed by atoms with van der Waals surface area (Å²) in [5.41, 5.74) is 6.19. The van der Waals surface area contributed by atoms with E-state index >= 15 is 0 Å². The largest absolute Gasteiger partial charge is 0.383 e. The van der Waals surface area contributed by atoms with Crippen LogP contribution in [0.15, 0.2) is 0 Å². The normalized spacial score (nSPS) is 26.1. The van der Waals surface area contributed by atoms with Crippen LogP contribution in [0.3, 0.4) is 0 Å². The molecule has 2 aliphatic heterocycles. The van der Waals surface area contributed by atoms with Crippen molar-refractivity contribution in [1.29, 1.82) is 0 Å². The molecule has 21 heavy (non-hydrogen) atoms. The Morgan fingerprint density at radius 1 is 1.10 bits per heavy atom. The Balaban J connectivity index is 1.94. The Morgan fingerprint density at radius 2 is 1.71 bits per heavy atom. The van der Waals surface area contributed by atoms with E-state index < -0.39 is 0 Å². The van der Waals surface area contributed by atoms with Crippen LogP contribution < -0.4 is 5.73 Å². The van der Waals surface area contributed by atoms with Crippen LogP contribution in [-0.4, -0.2) is 67.8 Å². The fourth-order valence-corrected chi connectivity index (χ4v) is 4.26. The smallest absolute Gasteiger partial charge is 0.0661 e. The topological polar surface area (TPSA) is 41.7 Å². The highest BCUT2D eigenvalue weighted by molar-refractivity contribution is 4.97. The first-order valence-corrected chi connectivity index (χ1v) is 8.82. The minimum atomic E-state index is 0.0155. The van der Waals surface area contributed by atoms with Gasteiger partial charge in [-0.05, 0) is 44.7 Å². The summed E-state index contributed by atoms with van der Waals surface area (Å²) in [5.74, 6) is 0.522. The maximum Gasteiger partial charge on any atom is 0.0661 e. The zero-order chi connectivity index (χ0) is 15.3. The molecular formula is C17H35N3O. The lowest BCUT2D eigenvalue weighted by atomic mass is 9.83. The predicted molar refractivity (Wildman–Crippen MR) is 88.5 cm³/mol. The van der Waals surface area contributed by atoms with Crippen LogP contribution in [0.5, 0.6) is 0 Å². The number of likely N-dealkylation sites (tertiary alicyclic amines) is 2. The summed E-state index contributed by atoms with van der Waals surface area (Å²) in [6.07, 6.45) is 6.79. The molecule has 0 spiro atoms. The molecule has 0 aliphatic carbocycles. The molecule has 2 N–H and O–H groups in total.